The van der Waals surface area contributed by atoms with Crippen LogP contribution in [-0.4, -0.2) is 48.8 Å². The van der Waals surface area contributed by atoms with Gasteiger partial charge in [-0.3, -0.25) is 4.79 Å². The minimum absolute atomic E-state index is 0.150. The normalized spacial score (nSPS) is 18.4. The molecule has 3 aliphatic heterocycles. The molecule has 3 aromatic rings. The summed E-state index contributed by atoms with van der Waals surface area (Å²) in [6, 6.07) is 13.0. The highest BCUT2D eigenvalue weighted by Gasteiger charge is 2.18. The Kier molecular flexibility index (Phi) is 7.58. The van der Waals surface area contributed by atoms with E-state index in [-0.39, 0.29) is 5.91 Å². The highest BCUT2D eigenvalue weighted by Crippen LogP contribution is 2.29. The zero-order chi connectivity index (χ0) is 24.7. The largest absolute Gasteiger partial charge is 0.493 e. The molecule has 0 radical (unpaired) electrons. The Morgan fingerprint density at radius 2 is 2.03 bits per heavy atom. The van der Waals surface area contributed by atoms with E-state index >= 15 is 0 Å². The fourth-order valence-electron chi connectivity index (χ4n) is 4.28. The maximum absolute atomic E-state index is 12.5. The number of carbonyl (C=O) groups is 1. The Hall–Kier alpha value is -3.69. The minimum Gasteiger partial charge on any atom is -0.493 e. The summed E-state index contributed by atoms with van der Waals surface area (Å²) in [5.74, 6) is 1.50. The van der Waals surface area contributed by atoms with Gasteiger partial charge in [-0.15, -0.1) is 0 Å². The Bertz CT molecular complexity index is 1210. The van der Waals surface area contributed by atoms with Crippen LogP contribution in [0.5, 0.6) is 5.75 Å². The second kappa shape index (κ2) is 11.4. The fraction of sp³-hybridized carbons (Fsp3) is 0.370. The SMILES string of the molecule is Nc1cc2ccc1-c1ccnc(n1)Nc1ccc(OCC3CCOC3)c(c1)COCCCCNC2=O. The van der Waals surface area contributed by atoms with Crippen LogP contribution in [0, 0.1) is 5.92 Å². The molecule has 36 heavy (non-hydrogen) atoms. The lowest BCUT2D eigenvalue weighted by Crippen LogP contribution is -2.24. The van der Waals surface area contributed by atoms with Gasteiger partial charge in [-0.05, 0) is 61.7 Å². The topological polar surface area (TPSA) is 121 Å². The molecule has 0 aliphatic carbocycles. The third-order valence-electron chi connectivity index (χ3n) is 6.32. The molecule has 1 saturated heterocycles. The van der Waals surface area contributed by atoms with Gasteiger partial charge in [0.1, 0.15) is 5.75 Å². The minimum atomic E-state index is -0.150. The summed E-state index contributed by atoms with van der Waals surface area (Å²) in [4.78, 5) is 21.5. The zero-order valence-corrected chi connectivity index (χ0v) is 20.2. The number of hydrogen-bond donors (Lipinski definition) is 3. The van der Waals surface area contributed by atoms with Gasteiger partial charge in [0.15, 0.2) is 0 Å². The lowest BCUT2D eigenvalue weighted by atomic mass is 10.1. The summed E-state index contributed by atoms with van der Waals surface area (Å²) in [5, 5.41) is 6.23. The van der Waals surface area contributed by atoms with Crippen LogP contribution in [0.1, 0.15) is 35.2 Å². The Balaban J connectivity index is 1.41. The zero-order valence-electron chi connectivity index (χ0n) is 20.2. The Labute approximate surface area is 210 Å². The van der Waals surface area contributed by atoms with E-state index < -0.39 is 0 Å². The van der Waals surface area contributed by atoms with Gasteiger partial charge in [-0.1, -0.05) is 0 Å². The molecule has 2 aromatic carbocycles. The van der Waals surface area contributed by atoms with Crippen molar-refractivity contribution in [2.75, 3.05) is 44.0 Å². The van der Waals surface area contributed by atoms with E-state index in [0.29, 0.717) is 55.2 Å². The Morgan fingerprint density at radius 3 is 2.89 bits per heavy atom. The van der Waals surface area contributed by atoms with Gasteiger partial charge in [-0.25, -0.2) is 9.97 Å². The first-order chi connectivity index (χ1) is 17.7. The molecule has 0 saturated carbocycles. The molecule has 3 aliphatic rings. The van der Waals surface area contributed by atoms with E-state index in [4.69, 9.17) is 19.9 Å². The molecule has 188 valence electrons. The standard InChI is InChI=1S/C27H31N5O4/c28-23-14-19-3-5-22(23)24-7-10-30-27(32-24)31-21-4-6-25(36-16-18-8-12-35-15-18)20(13-21)17-34-11-2-1-9-29-26(19)33/h3-7,10,13-14,18H,1-2,8-9,11-12,15-17,28H2,(H,29,33)(H,30,31,32). The number of nitrogens with one attached hydrogen (secondary N) is 2. The quantitative estimate of drug-likeness (QED) is 0.474. The van der Waals surface area contributed by atoms with E-state index in [1.54, 1.807) is 24.4 Å². The Morgan fingerprint density at radius 1 is 1.08 bits per heavy atom. The van der Waals surface area contributed by atoms with E-state index in [1.165, 1.54) is 0 Å². The number of benzene rings is 2. The molecule has 9 nitrogen and oxygen atoms in total. The maximum atomic E-state index is 12.5. The fourth-order valence-corrected chi connectivity index (χ4v) is 4.28. The first-order valence-electron chi connectivity index (χ1n) is 12.3. The third-order valence-corrected chi connectivity index (χ3v) is 6.32. The molecule has 1 amide bonds. The number of nitrogen functional groups attached to an aromatic ring is 1. The highest BCUT2D eigenvalue weighted by molar-refractivity contribution is 5.96. The summed E-state index contributed by atoms with van der Waals surface area (Å²) in [6.45, 7) is 3.71. The predicted molar refractivity (Wildman–Crippen MR) is 137 cm³/mol. The number of aromatic nitrogens is 2. The van der Waals surface area contributed by atoms with Crippen molar-refractivity contribution in [3.63, 3.8) is 0 Å². The predicted octanol–water partition coefficient (Wildman–Crippen LogP) is 3.92. The number of carbonyl (C=O) groups excluding carboxylic acids is 1. The van der Waals surface area contributed by atoms with Gasteiger partial charge in [0.2, 0.25) is 5.95 Å². The van der Waals surface area contributed by atoms with E-state index in [9.17, 15) is 4.79 Å². The number of nitrogens with two attached hydrogens (primary N) is 1. The summed E-state index contributed by atoms with van der Waals surface area (Å²) in [7, 11) is 0. The number of hydrogen-bond acceptors (Lipinski definition) is 8. The summed E-state index contributed by atoms with van der Waals surface area (Å²) in [5.41, 5.74) is 10.5. The second-order valence-corrected chi connectivity index (χ2v) is 9.07. The van der Waals surface area contributed by atoms with Crippen LogP contribution < -0.4 is 21.1 Å². The molecule has 1 unspecified atom stereocenters. The van der Waals surface area contributed by atoms with Gasteiger partial charge in [0.25, 0.3) is 5.91 Å². The van der Waals surface area contributed by atoms with Crippen LogP contribution in [0.15, 0.2) is 48.7 Å². The van der Waals surface area contributed by atoms with Crippen molar-refractivity contribution in [2.24, 2.45) is 5.92 Å². The lowest BCUT2D eigenvalue weighted by Gasteiger charge is -2.16. The van der Waals surface area contributed by atoms with Gasteiger partial charge in [0, 0.05) is 59.9 Å². The first kappa shape index (κ1) is 24.0. The van der Waals surface area contributed by atoms with Crippen LogP contribution in [-0.2, 0) is 16.1 Å². The van der Waals surface area contributed by atoms with E-state index in [2.05, 4.69) is 20.6 Å². The average Bonchev–Trinajstić information content (AvgIpc) is 3.41. The van der Waals surface area contributed by atoms with Crippen molar-refractivity contribution in [3.05, 3.63) is 59.8 Å². The van der Waals surface area contributed by atoms with Crippen molar-refractivity contribution < 1.29 is 19.0 Å². The number of anilines is 3. The maximum Gasteiger partial charge on any atom is 0.251 e. The van der Waals surface area contributed by atoms with Crippen LogP contribution >= 0.6 is 0 Å². The van der Waals surface area contributed by atoms with Crippen molar-refractivity contribution >= 4 is 23.2 Å². The lowest BCUT2D eigenvalue weighted by molar-refractivity contribution is 0.0944. The molecule has 6 bridgehead atoms. The van der Waals surface area contributed by atoms with E-state index in [0.717, 1.165) is 55.0 Å². The van der Waals surface area contributed by atoms with Gasteiger partial charge >= 0.3 is 0 Å². The molecule has 1 fully saturated rings. The molecular formula is C27H31N5O4. The average molecular weight is 490 g/mol. The number of fused-ring (bicyclic) bond motifs is 9. The van der Waals surface area contributed by atoms with Crippen molar-refractivity contribution in [1.29, 1.82) is 0 Å². The van der Waals surface area contributed by atoms with Crippen molar-refractivity contribution in [1.82, 2.24) is 15.3 Å². The van der Waals surface area contributed by atoms with Gasteiger partial charge in [-0.2, -0.15) is 0 Å². The molecule has 0 spiro atoms. The first-order valence-corrected chi connectivity index (χ1v) is 12.3. The van der Waals surface area contributed by atoms with Crippen LogP contribution in [0.4, 0.5) is 17.3 Å². The second-order valence-electron chi connectivity index (χ2n) is 9.07. The number of nitrogens with zero attached hydrogens (tertiary/aromatic N) is 2. The molecule has 1 aromatic heterocycles. The van der Waals surface area contributed by atoms with Crippen LogP contribution in [0.3, 0.4) is 0 Å². The highest BCUT2D eigenvalue weighted by atomic mass is 16.5. The molecule has 4 N–H and O–H groups in total. The van der Waals surface area contributed by atoms with Gasteiger partial charge in [0.05, 0.1) is 25.5 Å². The monoisotopic (exact) mass is 489 g/mol. The number of amides is 1. The summed E-state index contributed by atoms with van der Waals surface area (Å²) < 4.78 is 17.6. The molecular weight excluding hydrogens is 458 g/mol. The summed E-state index contributed by atoms with van der Waals surface area (Å²) >= 11 is 0. The summed E-state index contributed by atoms with van der Waals surface area (Å²) in [6.07, 6.45) is 4.34. The molecule has 4 heterocycles. The van der Waals surface area contributed by atoms with Crippen LogP contribution in [0.2, 0.25) is 0 Å². The number of rotatable bonds is 3. The molecule has 9 heteroatoms. The molecule has 1 atom stereocenters. The van der Waals surface area contributed by atoms with Crippen LogP contribution in [0.25, 0.3) is 11.3 Å². The smallest absolute Gasteiger partial charge is 0.251 e. The number of ether oxygens (including phenoxy) is 3. The van der Waals surface area contributed by atoms with Crippen molar-refractivity contribution in [3.8, 4) is 17.0 Å². The van der Waals surface area contributed by atoms with E-state index in [1.807, 2.05) is 24.3 Å². The van der Waals surface area contributed by atoms with Crippen molar-refractivity contribution in [2.45, 2.75) is 25.9 Å². The van der Waals surface area contributed by atoms with Gasteiger partial charge < -0.3 is 30.6 Å². The third kappa shape index (κ3) is 5.92. The molecule has 6 rings (SSSR count).